The van der Waals surface area contributed by atoms with Crippen molar-refractivity contribution in [1.82, 2.24) is 4.90 Å². The van der Waals surface area contributed by atoms with E-state index < -0.39 is 5.54 Å². The van der Waals surface area contributed by atoms with Crippen molar-refractivity contribution < 1.29 is 9.53 Å². The molecule has 1 aliphatic rings. The average Bonchev–Trinajstić information content (AvgIpc) is 2.59. The number of ether oxygens (including phenoxy) is 1. The number of thioether (sulfide) groups is 1. The molecule has 1 aromatic carbocycles. The Labute approximate surface area is 144 Å². The van der Waals surface area contributed by atoms with Crippen molar-refractivity contribution in [1.29, 1.82) is 0 Å². The lowest BCUT2D eigenvalue weighted by Gasteiger charge is -2.44. The number of hydrogen-bond acceptors (Lipinski definition) is 4. The van der Waals surface area contributed by atoms with Crippen LogP contribution in [0.1, 0.15) is 37.0 Å². The molecule has 1 aliphatic heterocycles. The summed E-state index contributed by atoms with van der Waals surface area (Å²) >= 11 is 1.69. The lowest BCUT2D eigenvalue weighted by molar-refractivity contribution is -0.0162. The predicted molar refractivity (Wildman–Crippen MR) is 97.4 cm³/mol. The Bertz CT molecular complexity index is 549. The highest BCUT2D eigenvalue weighted by Gasteiger charge is 2.43. The molecule has 3 nitrogen and oxygen atoms in total. The molecule has 1 heterocycles. The van der Waals surface area contributed by atoms with E-state index in [9.17, 15) is 4.79 Å². The molecule has 0 saturated carbocycles. The number of benzene rings is 1. The van der Waals surface area contributed by atoms with E-state index in [-0.39, 0.29) is 5.78 Å². The van der Waals surface area contributed by atoms with Gasteiger partial charge >= 0.3 is 0 Å². The highest BCUT2D eigenvalue weighted by atomic mass is 32.2. The van der Waals surface area contributed by atoms with Crippen LogP contribution in [0.25, 0.3) is 0 Å². The highest BCUT2D eigenvalue weighted by molar-refractivity contribution is 7.98. The molecule has 0 spiro atoms. The number of nitrogens with zero attached hydrogens (tertiary/aromatic N) is 1. The number of hydrogen-bond donors (Lipinski definition) is 0. The lowest BCUT2D eigenvalue weighted by atomic mass is 9.79. The lowest BCUT2D eigenvalue weighted by Crippen LogP contribution is -2.58. The second kappa shape index (κ2) is 8.13. The maximum absolute atomic E-state index is 13.4. The SMILES string of the molecule is C=C(C)CC(CC)(C(=O)c1ccc(SC)cc1)N1CCOCC1. The molecule has 0 amide bonds. The monoisotopic (exact) mass is 333 g/mol. The normalized spacial score (nSPS) is 18.4. The molecule has 1 fully saturated rings. The van der Waals surface area contributed by atoms with Crippen molar-refractivity contribution >= 4 is 17.5 Å². The van der Waals surface area contributed by atoms with Gasteiger partial charge in [-0.1, -0.05) is 24.6 Å². The van der Waals surface area contributed by atoms with E-state index >= 15 is 0 Å². The van der Waals surface area contributed by atoms with Crippen LogP contribution in [0.5, 0.6) is 0 Å². The van der Waals surface area contributed by atoms with Gasteiger partial charge in [0.1, 0.15) is 0 Å². The van der Waals surface area contributed by atoms with Gasteiger partial charge in [-0.3, -0.25) is 9.69 Å². The van der Waals surface area contributed by atoms with Gasteiger partial charge in [0.15, 0.2) is 5.78 Å². The van der Waals surface area contributed by atoms with E-state index in [1.165, 1.54) is 4.90 Å². The summed E-state index contributed by atoms with van der Waals surface area (Å²) in [7, 11) is 0. The smallest absolute Gasteiger partial charge is 0.183 e. The predicted octanol–water partition coefficient (Wildman–Crippen LogP) is 4.04. The number of Topliss-reactive ketones (excluding diaryl/α,β-unsaturated/α-hetero) is 1. The van der Waals surface area contributed by atoms with E-state index in [1.807, 2.05) is 37.4 Å². The van der Waals surface area contributed by atoms with Crippen LogP contribution in [0, 0.1) is 0 Å². The van der Waals surface area contributed by atoms with E-state index in [4.69, 9.17) is 4.74 Å². The molecule has 0 radical (unpaired) electrons. The first-order chi connectivity index (χ1) is 11.0. The van der Waals surface area contributed by atoms with Crippen LogP contribution in [0.15, 0.2) is 41.3 Å². The fourth-order valence-electron chi connectivity index (χ4n) is 3.35. The Hall–Kier alpha value is -1.10. The molecule has 1 unspecified atom stereocenters. The standard InChI is InChI=1S/C19H27NO2S/c1-5-19(14-15(2)3,20-10-12-22-13-11-20)18(21)16-6-8-17(23-4)9-7-16/h6-9H,2,5,10-14H2,1,3-4H3. The molecule has 0 aliphatic carbocycles. The molecule has 0 bridgehead atoms. The minimum atomic E-state index is -0.503. The minimum absolute atomic E-state index is 0.206. The largest absolute Gasteiger partial charge is 0.379 e. The summed E-state index contributed by atoms with van der Waals surface area (Å²) in [5.74, 6) is 0.206. The van der Waals surface area contributed by atoms with Crippen LogP contribution in [0.4, 0.5) is 0 Å². The molecule has 1 saturated heterocycles. The van der Waals surface area contributed by atoms with Crippen LogP contribution in [-0.4, -0.2) is 48.8 Å². The van der Waals surface area contributed by atoms with Gasteiger partial charge in [0, 0.05) is 23.5 Å². The van der Waals surface area contributed by atoms with Gasteiger partial charge in [0.05, 0.1) is 18.8 Å². The Morgan fingerprint density at radius 3 is 2.39 bits per heavy atom. The summed E-state index contributed by atoms with van der Waals surface area (Å²) in [5.41, 5.74) is 1.33. The van der Waals surface area contributed by atoms with Gasteiger partial charge in [-0.2, -0.15) is 0 Å². The van der Waals surface area contributed by atoms with Gasteiger partial charge in [0.25, 0.3) is 0 Å². The molecule has 1 aromatic rings. The third-order valence-corrected chi connectivity index (χ3v) is 5.31. The maximum atomic E-state index is 13.4. The van der Waals surface area contributed by atoms with Crippen LogP contribution < -0.4 is 0 Å². The average molecular weight is 333 g/mol. The molecule has 126 valence electrons. The summed E-state index contributed by atoms with van der Waals surface area (Å²) in [6.07, 6.45) is 3.53. The molecule has 0 aromatic heterocycles. The van der Waals surface area contributed by atoms with Crippen LogP contribution in [0.2, 0.25) is 0 Å². The number of rotatable bonds is 7. The van der Waals surface area contributed by atoms with Crippen molar-refractivity contribution in [2.45, 2.75) is 37.1 Å². The molecular weight excluding hydrogens is 306 g/mol. The maximum Gasteiger partial charge on any atom is 0.183 e. The molecule has 23 heavy (non-hydrogen) atoms. The summed E-state index contributed by atoms with van der Waals surface area (Å²) in [6.45, 7) is 11.2. The molecular formula is C19H27NO2S. The Kier molecular flexibility index (Phi) is 6.45. The second-order valence-electron chi connectivity index (χ2n) is 6.18. The minimum Gasteiger partial charge on any atom is -0.379 e. The molecule has 4 heteroatoms. The van der Waals surface area contributed by atoms with Crippen molar-refractivity contribution in [2.24, 2.45) is 0 Å². The zero-order valence-corrected chi connectivity index (χ0v) is 15.2. The zero-order chi connectivity index (χ0) is 16.9. The third-order valence-electron chi connectivity index (χ3n) is 4.57. The summed E-state index contributed by atoms with van der Waals surface area (Å²) in [6, 6.07) is 7.96. The first-order valence-electron chi connectivity index (χ1n) is 8.19. The topological polar surface area (TPSA) is 29.5 Å². The van der Waals surface area contributed by atoms with E-state index in [2.05, 4.69) is 18.4 Å². The van der Waals surface area contributed by atoms with E-state index in [0.29, 0.717) is 19.6 Å². The van der Waals surface area contributed by atoms with Gasteiger partial charge < -0.3 is 4.74 Å². The van der Waals surface area contributed by atoms with Crippen molar-refractivity contribution in [3.05, 3.63) is 42.0 Å². The highest BCUT2D eigenvalue weighted by Crippen LogP contribution is 2.32. The molecule has 0 N–H and O–H groups in total. The number of carbonyl (C=O) groups is 1. The van der Waals surface area contributed by atoms with Crippen LogP contribution in [-0.2, 0) is 4.74 Å². The molecule has 2 rings (SSSR count). The van der Waals surface area contributed by atoms with Crippen molar-refractivity contribution in [3.8, 4) is 0 Å². The number of morpholine rings is 1. The van der Waals surface area contributed by atoms with Crippen molar-refractivity contribution in [3.63, 3.8) is 0 Å². The molecule has 1 atom stereocenters. The van der Waals surface area contributed by atoms with Gasteiger partial charge in [0.2, 0.25) is 0 Å². The van der Waals surface area contributed by atoms with E-state index in [0.717, 1.165) is 30.6 Å². The summed E-state index contributed by atoms with van der Waals surface area (Å²) < 4.78 is 5.48. The summed E-state index contributed by atoms with van der Waals surface area (Å²) in [5, 5.41) is 0. The van der Waals surface area contributed by atoms with Crippen molar-refractivity contribution in [2.75, 3.05) is 32.6 Å². The Morgan fingerprint density at radius 2 is 1.91 bits per heavy atom. The first-order valence-corrected chi connectivity index (χ1v) is 9.42. The van der Waals surface area contributed by atoms with Gasteiger partial charge in [-0.25, -0.2) is 0 Å². The van der Waals surface area contributed by atoms with E-state index in [1.54, 1.807) is 11.8 Å². The Balaban J connectivity index is 2.37. The number of ketones is 1. The first kappa shape index (κ1) is 18.2. The third kappa shape index (κ3) is 4.06. The summed E-state index contributed by atoms with van der Waals surface area (Å²) in [4.78, 5) is 16.9. The quantitative estimate of drug-likeness (QED) is 0.428. The fraction of sp³-hybridized carbons (Fsp3) is 0.526. The second-order valence-corrected chi connectivity index (χ2v) is 7.06. The Morgan fingerprint density at radius 1 is 1.30 bits per heavy atom. The van der Waals surface area contributed by atoms with Crippen LogP contribution in [0.3, 0.4) is 0 Å². The zero-order valence-electron chi connectivity index (χ0n) is 14.4. The number of carbonyl (C=O) groups excluding carboxylic acids is 1. The fourth-order valence-corrected chi connectivity index (χ4v) is 3.75. The van der Waals surface area contributed by atoms with Gasteiger partial charge in [-0.15, -0.1) is 18.3 Å². The van der Waals surface area contributed by atoms with Gasteiger partial charge in [-0.05, 0) is 38.2 Å². The van der Waals surface area contributed by atoms with Crippen LogP contribution >= 0.6 is 11.8 Å².